The Morgan fingerprint density at radius 1 is 1.44 bits per heavy atom. The third-order valence-electron chi connectivity index (χ3n) is 2.17. The molecular weight excluding hydrogens is 272 g/mol. The van der Waals surface area contributed by atoms with Crippen molar-refractivity contribution < 1.29 is 9.90 Å². The summed E-state index contributed by atoms with van der Waals surface area (Å²) in [5.41, 5.74) is 1.18. The highest BCUT2D eigenvalue weighted by atomic mass is 79.9. The molecule has 0 saturated heterocycles. The molecule has 0 bridgehead atoms. The normalized spacial score (nSPS) is 10.3. The van der Waals surface area contributed by atoms with Crippen LogP contribution in [0.1, 0.15) is 21.9 Å². The van der Waals surface area contributed by atoms with Crippen molar-refractivity contribution in [3.05, 3.63) is 52.0 Å². The molecular formula is C11H9BrN2O2. The zero-order chi connectivity index (χ0) is 11.5. The lowest BCUT2D eigenvalue weighted by molar-refractivity contribution is 0.0691. The number of aromatic nitrogens is 2. The molecule has 0 aliphatic carbocycles. The van der Waals surface area contributed by atoms with E-state index in [0.717, 1.165) is 10.0 Å². The van der Waals surface area contributed by atoms with Crippen LogP contribution in [0.3, 0.4) is 0 Å². The van der Waals surface area contributed by atoms with Gasteiger partial charge in [-0.2, -0.15) is 0 Å². The number of hydrogen-bond donors (Lipinski definition) is 2. The highest BCUT2D eigenvalue weighted by Gasteiger charge is 2.08. The predicted molar refractivity (Wildman–Crippen MR) is 62.5 cm³/mol. The molecule has 16 heavy (non-hydrogen) atoms. The first-order chi connectivity index (χ1) is 7.66. The Hall–Kier alpha value is -1.62. The molecule has 0 radical (unpaired) electrons. The van der Waals surface area contributed by atoms with Gasteiger partial charge in [-0.1, -0.05) is 34.1 Å². The number of H-pyrrole nitrogens is 1. The van der Waals surface area contributed by atoms with Gasteiger partial charge >= 0.3 is 5.97 Å². The fraction of sp³-hybridized carbons (Fsp3) is 0.0909. The van der Waals surface area contributed by atoms with Gasteiger partial charge in [-0.25, -0.2) is 9.78 Å². The van der Waals surface area contributed by atoms with Crippen LogP contribution in [-0.2, 0) is 6.42 Å². The summed E-state index contributed by atoms with van der Waals surface area (Å²) in [6, 6.07) is 7.77. The Bertz CT molecular complexity index is 522. The lowest BCUT2D eigenvalue weighted by Gasteiger charge is -2.00. The predicted octanol–water partition coefficient (Wildman–Crippen LogP) is 2.46. The van der Waals surface area contributed by atoms with E-state index in [1.807, 2.05) is 24.3 Å². The van der Waals surface area contributed by atoms with Crippen LogP contribution in [0.4, 0.5) is 0 Å². The minimum atomic E-state index is -0.995. The summed E-state index contributed by atoms with van der Waals surface area (Å²) in [5.74, 6) is -0.352. The lowest BCUT2D eigenvalue weighted by Crippen LogP contribution is -1.97. The second-order valence-corrected chi connectivity index (χ2v) is 4.17. The summed E-state index contributed by atoms with van der Waals surface area (Å²) in [4.78, 5) is 17.4. The Balaban J connectivity index is 2.21. The number of carboxylic acid groups (broad SMARTS) is 1. The van der Waals surface area contributed by atoms with Gasteiger partial charge in [0.25, 0.3) is 0 Å². The van der Waals surface area contributed by atoms with Crippen LogP contribution >= 0.6 is 15.9 Å². The number of aromatic amines is 1. The molecule has 2 rings (SSSR count). The fourth-order valence-corrected chi connectivity index (χ4v) is 1.81. The maximum absolute atomic E-state index is 10.7. The first kappa shape index (κ1) is 10.9. The van der Waals surface area contributed by atoms with Crippen LogP contribution in [0, 0.1) is 0 Å². The van der Waals surface area contributed by atoms with Crippen molar-refractivity contribution in [3.8, 4) is 0 Å². The summed E-state index contributed by atoms with van der Waals surface area (Å²) in [6.07, 6.45) is 1.91. The number of carboxylic acids is 1. The third kappa shape index (κ3) is 2.30. The zero-order valence-corrected chi connectivity index (χ0v) is 9.86. The van der Waals surface area contributed by atoms with Gasteiger partial charge in [0.15, 0.2) is 0 Å². The molecule has 4 nitrogen and oxygen atoms in total. The van der Waals surface area contributed by atoms with Crippen molar-refractivity contribution >= 4 is 21.9 Å². The van der Waals surface area contributed by atoms with E-state index >= 15 is 0 Å². The third-order valence-corrected chi connectivity index (χ3v) is 2.95. The van der Waals surface area contributed by atoms with Crippen molar-refractivity contribution in [2.24, 2.45) is 0 Å². The average molecular weight is 281 g/mol. The molecule has 0 spiro atoms. The number of benzene rings is 1. The van der Waals surface area contributed by atoms with Gasteiger partial charge in [0, 0.05) is 10.9 Å². The van der Waals surface area contributed by atoms with Gasteiger partial charge < -0.3 is 10.1 Å². The quantitative estimate of drug-likeness (QED) is 0.908. The summed E-state index contributed by atoms with van der Waals surface area (Å²) >= 11 is 3.43. The van der Waals surface area contributed by atoms with Gasteiger partial charge in [-0.3, -0.25) is 0 Å². The molecule has 0 fully saturated rings. The lowest BCUT2D eigenvalue weighted by atomic mass is 10.1. The standard InChI is InChI=1S/C11H9BrN2O2/c12-8-4-2-1-3-7(8)5-10-13-6-9(14-10)11(15)16/h1-4,6H,5H2,(H,13,14)(H,15,16). The van der Waals surface area contributed by atoms with E-state index in [1.165, 1.54) is 6.20 Å². The Morgan fingerprint density at radius 3 is 2.81 bits per heavy atom. The van der Waals surface area contributed by atoms with E-state index in [0.29, 0.717) is 12.2 Å². The van der Waals surface area contributed by atoms with Gasteiger partial charge in [0.2, 0.25) is 0 Å². The maximum atomic E-state index is 10.7. The Labute approximate surface area is 100 Å². The van der Waals surface area contributed by atoms with Crippen molar-refractivity contribution in [2.45, 2.75) is 6.42 Å². The van der Waals surface area contributed by atoms with Crippen LogP contribution in [0.2, 0.25) is 0 Å². The van der Waals surface area contributed by atoms with Gasteiger partial charge in [0.1, 0.15) is 11.5 Å². The molecule has 0 unspecified atom stereocenters. The SMILES string of the molecule is O=C(O)c1cnc(Cc2ccccc2Br)[nH]1. The number of rotatable bonds is 3. The van der Waals surface area contributed by atoms with Crippen LogP contribution in [0.15, 0.2) is 34.9 Å². The monoisotopic (exact) mass is 280 g/mol. The first-order valence-electron chi connectivity index (χ1n) is 4.67. The minimum Gasteiger partial charge on any atom is -0.477 e. The van der Waals surface area contributed by atoms with Crippen molar-refractivity contribution in [1.82, 2.24) is 9.97 Å². The van der Waals surface area contributed by atoms with Crippen molar-refractivity contribution in [1.29, 1.82) is 0 Å². The molecule has 1 heterocycles. The van der Waals surface area contributed by atoms with E-state index in [-0.39, 0.29) is 5.69 Å². The topological polar surface area (TPSA) is 66.0 Å². The number of hydrogen-bond acceptors (Lipinski definition) is 2. The smallest absolute Gasteiger partial charge is 0.353 e. The highest BCUT2D eigenvalue weighted by molar-refractivity contribution is 9.10. The van der Waals surface area contributed by atoms with E-state index in [9.17, 15) is 4.79 Å². The van der Waals surface area contributed by atoms with Crippen LogP contribution < -0.4 is 0 Å². The number of aromatic carboxylic acids is 1. The van der Waals surface area contributed by atoms with Crippen molar-refractivity contribution in [2.75, 3.05) is 0 Å². The Morgan fingerprint density at radius 2 is 2.19 bits per heavy atom. The molecule has 5 heteroatoms. The van der Waals surface area contributed by atoms with Crippen molar-refractivity contribution in [3.63, 3.8) is 0 Å². The van der Waals surface area contributed by atoms with E-state index < -0.39 is 5.97 Å². The second-order valence-electron chi connectivity index (χ2n) is 3.32. The van der Waals surface area contributed by atoms with Crippen LogP contribution in [0.5, 0.6) is 0 Å². The summed E-state index contributed by atoms with van der Waals surface area (Å²) in [7, 11) is 0. The van der Waals surface area contributed by atoms with E-state index in [4.69, 9.17) is 5.11 Å². The maximum Gasteiger partial charge on any atom is 0.353 e. The number of imidazole rings is 1. The molecule has 82 valence electrons. The minimum absolute atomic E-state index is 0.113. The number of nitrogens with zero attached hydrogens (tertiary/aromatic N) is 1. The fourth-order valence-electron chi connectivity index (χ4n) is 1.38. The molecule has 1 aromatic heterocycles. The second kappa shape index (κ2) is 4.49. The summed E-state index contributed by atoms with van der Waals surface area (Å²) < 4.78 is 0.989. The van der Waals surface area contributed by atoms with Gasteiger partial charge in [-0.15, -0.1) is 0 Å². The first-order valence-corrected chi connectivity index (χ1v) is 5.46. The van der Waals surface area contributed by atoms with Crippen LogP contribution in [0.25, 0.3) is 0 Å². The molecule has 1 aromatic carbocycles. The van der Waals surface area contributed by atoms with Gasteiger partial charge in [-0.05, 0) is 11.6 Å². The average Bonchev–Trinajstić information content (AvgIpc) is 2.70. The highest BCUT2D eigenvalue weighted by Crippen LogP contribution is 2.18. The Kier molecular flexibility index (Phi) is 3.05. The summed E-state index contributed by atoms with van der Waals surface area (Å²) in [5, 5.41) is 8.74. The van der Waals surface area contributed by atoms with E-state index in [2.05, 4.69) is 25.9 Å². The van der Waals surface area contributed by atoms with Gasteiger partial charge in [0.05, 0.1) is 6.20 Å². The number of carbonyl (C=O) groups is 1. The zero-order valence-electron chi connectivity index (χ0n) is 8.27. The molecule has 2 aromatic rings. The van der Waals surface area contributed by atoms with Crippen LogP contribution in [-0.4, -0.2) is 21.0 Å². The van der Waals surface area contributed by atoms with E-state index in [1.54, 1.807) is 0 Å². The summed E-state index contributed by atoms with van der Waals surface area (Å²) in [6.45, 7) is 0. The molecule has 0 saturated carbocycles. The molecule has 0 aliphatic heterocycles. The molecule has 0 amide bonds. The molecule has 0 atom stereocenters. The molecule has 2 N–H and O–H groups in total. The molecule has 0 aliphatic rings. The number of nitrogens with one attached hydrogen (secondary N) is 1. The largest absolute Gasteiger partial charge is 0.477 e. The number of halogens is 1.